The van der Waals surface area contributed by atoms with Gasteiger partial charge in [-0.2, -0.15) is 0 Å². The van der Waals surface area contributed by atoms with Crippen LogP contribution in [0.3, 0.4) is 0 Å². The first-order valence-electron chi connectivity index (χ1n) is 46.3. The summed E-state index contributed by atoms with van der Waals surface area (Å²) in [4.78, 5) is 23.8. The van der Waals surface area contributed by atoms with Crippen molar-refractivity contribution < 1.29 is 18.4 Å². The smallest absolute Gasteiger partial charge is 0.193 e. The molecule has 0 spiro atoms. The molecule has 0 bridgehead atoms. The van der Waals surface area contributed by atoms with Crippen LogP contribution >= 0.6 is 0 Å². The molecule has 0 fully saturated rings. The SMILES string of the molecule is CC(=O)c1cc(-c2ccccc2)cc(-c2ccccc2)c1.CC1c2ccccc2-c2ccccc21.Cc1ccc2c(c1)-c1ccccc1C2.Cc1ccc2c(c1)Cc1ccccc1-2.Cc1ccc2c(c1)oc1ccccc12.Cc1ccc2oc3ccccc3c2c1.Cc1cccc(C(=O)c2ccccc2)c1.Cc1cccc2c1-c1ccccc1C2.Cn1c2ccccc2c2ccccc21. The second-order valence-corrected chi connectivity index (χ2v) is 35.3. The summed E-state index contributed by atoms with van der Waals surface area (Å²) in [5.74, 6) is 0.728. The minimum atomic E-state index is 0.0827. The maximum absolute atomic E-state index is 12.0. The number of nitrogens with zero attached hydrogens (tertiary/aromatic N) is 1. The summed E-state index contributed by atoms with van der Waals surface area (Å²) in [5, 5.41) is 7.48. The molecular formula is C129H107NO4. The molecular weight excluding hydrogens is 1630 g/mol. The van der Waals surface area contributed by atoms with Gasteiger partial charge in [-0.15, -0.1) is 0 Å². The number of fused-ring (bicyclic) bond motifs is 21. The van der Waals surface area contributed by atoms with Crippen molar-refractivity contribution in [1.82, 2.24) is 4.57 Å². The van der Waals surface area contributed by atoms with E-state index in [0.717, 1.165) is 86.1 Å². The zero-order valence-corrected chi connectivity index (χ0v) is 77.4. The Balaban J connectivity index is 0.000000101. The van der Waals surface area contributed by atoms with E-state index in [1.165, 1.54) is 160 Å². The third-order valence-electron chi connectivity index (χ3n) is 25.8. The van der Waals surface area contributed by atoms with E-state index in [1.807, 2.05) is 153 Å². The van der Waals surface area contributed by atoms with Gasteiger partial charge < -0.3 is 13.4 Å². The van der Waals surface area contributed by atoms with Crippen LogP contribution in [-0.4, -0.2) is 16.1 Å². The fraction of sp³-hybridized carbons (Fsp3) is 0.101. The second-order valence-electron chi connectivity index (χ2n) is 35.3. The molecule has 0 aliphatic heterocycles. The van der Waals surface area contributed by atoms with Crippen molar-refractivity contribution in [2.75, 3.05) is 0 Å². The van der Waals surface area contributed by atoms with E-state index in [1.54, 1.807) is 6.92 Å². The van der Waals surface area contributed by atoms with Crippen LogP contribution in [0, 0.1) is 41.5 Å². The number of furan rings is 2. The predicted octanol–water partition coefficient (Wildman–Crippen LogP) is 34.1. The molecule has 4 aliphatic carbocycles. The zero-order chi connectivity index (χ0) is 92.1. The van der Waals surface area contributed by atoms with Crippen LogP contribution in [0.1, 0.15) is 124 Å². The van der Waals surface area contributed by atoms with E-state index < -0.39 is 0 Å². The minimum Gasteiger partial charge on any atom is -0.456 e. The first-order chi connectivity index (χ1) is 65.5. The van der Waals surface area contributed by atoms with Crippen molar-refractivity contribution in [1.29, 1.82) is 0 Å². The Kier molecular flexibility index (Phi) is 26.8. The van der Waals surface area contributed by atoms with Gasteiger partial charge in [0.1, 0.15) is 22.3 Å². The highest BCUT2D eigenvalue weighted by Gasteiger charge is 2.25. The molecule has 0 saturated carbocycles. The van der Waals surface area contributed by atoms with Crippen LogP contribution in [0.25, 0.3) is 132 Å². The Bertz CT molecular complexity index is 7830. The fourth-order valence-electron chi connectivity index (χ4n) is 19.1. The van der Waals surface area contributed by atoms with Gasteiger partial charge in [0, 0.05) is 73.0 Å². The van der Waals surface area contributed by atoms with Crippen LogP contribution in [0.5, 0.6) is 0 Å². The highest BCUT2D eigenvalue weighted by molar-refractivity contribution is 6.10. The van der Waals surface area contributed by atoms with E-state index >= 15 is 0 Å². The highest BCUT2D eigenvalue weighted by atomic mass is 16.3. The van der Waals surface area contributed by atoms with Crippen molar-refractivity contribution in [3.05, 3.63) is 537 Å². The average molecular weight is 1740 g/mol. The molecule has 5 heteroatoms. The Labute approximate surface area is 786 Å². The lowest BCUT2D eigenvalue weighted by Gasteiger charge is -2.09. The van der Waals surface area contributed by atoms with Gasteiger partial charge in [-0.05, 0) is 257 Å². The summed E-state index contributed by atoms with van der Waals surface area (Å²) in [6.07, 6.45) is 3.31. The molecule has 134 heavy (non-hydrogen) atoms. The maximum atomic E-state index is 12.0. The topological polar surface area (TPSA) is 65.3 Å². The standard InChI is InChI=1S/C20H16O.C14H12O.4C14H12.C13H11N.2C13H10O/c1-15(21)18-12-19(16-8-4-2-5-9-16)14-20(13-18)17-10-6-3-7-11-17;1-11-6-5-9-13(10-11)14(15)12-7-3-2-4-8-12;1-10-11-6-2-4-8-13(11)14-9-5-3-7-12(10)14;1-10-5-4-7-12-9-11-6-2-3-8-13(11)14(10)12;1-10-6-7-14-12(8-10)9-11-4-2-3-5-13(11)14;1-10-6-7-12-9-11-4-2-3-5-13(11)14(12)8-10;1-14-12-8-4-2-6-10(12)11-7-3-5-9-13(11)14;1-9-6-7-13-11(8-9)10-4-2-3-5-12(10)14-13;1-9-6-7-11-10-4-2-3-5-12(10)14-13(11)8-9/h2-14H,1H3;2-10H,1H3;2-10H,1H3;3*2-8H,9H2,1H3;2-9H,1H3;2*2-8H,1H3. The zero-order valence-electron chi connectivity index (χ0n) is 77.4. The first-order valence-corrected chi connectivity index (χ1v) is 46.3. The maximum Gasteiger partial charge on any atom is 0.193 e. The van der Waals surface area contributed by atoms with Crippen LogP contribution in [0.2, 0.25) is 0 Å². The van der Waals surface area contributed by atoms with Crippen LogP contribution in [0.15, 0.2) is 452 Å². The monoisotopic (exact) mass is 1730 g/mol. The molecule has 0 radical (unpaired) electrons. The Hall–Kier alpha value is -16.1. The van der Waals surface area contributed by atoms with Crippen LogP contribution < -0.4 is 0 Å². The van der Waals surface area contributed by atoms with Gasteiger partial charge in [0.2, 0.25) is 0 Å². The van der Waals surface area contributed by atoms with Gasteiger partial charge >= 0.3 is 0 Å². The number of Topliss-reactive ketones (excluding diaryl/α,β-unsaturated/α-hetero) is 1. The number of benzene rings is 19. The number of carbonyl (C=O) groups excluding carboxylic acids is 2. The molecule has 0 amide bonds. The number of aromatic nitrogens is 1. The molecule has 0 unspecified atom stereocenters. The highest BCUT2D eigenvalue weighted by Crippen LogP contribution is 2.45. The molecule has 26 rings (SSSR count). The molecule has 22 aromatic rings. The Morgan fingerprint density at radius 2 is 0.649 bits per heavy atom. The summed E-state index contributed by atoms with van der Waals surface area (Å²) in [6.45, 7) is 16.6. The number of ketones is 2. The van der Waals surface area contributed by atoms with Gasteiger partial charge in [-0.3, -0.25) is 9.59 Å². The quantitative estimate of drug-likeness (QED) is 0.161. The first kappa shape index (κ1) is 88.6. The third kappa shape index (κ3) is 19.7. The number of carbonyl (C=O) groups is 2. The summed E-state index contributed by atoms with van der Waals surface area (Å²) in [7, 11) is 2.12. The van der Waals surface area contributed by atoms with E-state index in [9.17, 15) is 9.59 Å². The molecule has 3 heterocycles. The molecule has 4 aliphatic rings. The van der Waals surface area contributed by atoms with Crippen molar-refractivity contribution >= 4 is 77.2 Å². The molecule has 0 N–H and O–H groups in total. The number of para-hydroxylation sites is 4. The third-order valence-corrected chi connectivity index (χ3v) is 25.8. The lowest BCUT2D eigenvalue weighted by atomic mass is 9.95. The minimum absolute atomic E-state index is 0.0827. The van der Waals surface area contributed by atoms with E-state index in [-0.39, 0.29) is 11.6 Å². The van der Waals surface area contributed by atoms with Crippen LogP contribution in [-0.2, 0) is 26.3 Å². The number of aryl methyl sites for hydroxylation is 7. The van der Waals surface area contributed by atoms with Gasteiger partial charge in [0.05, 0.1) is 0 Å². The molecule has 19 aromatic carbocycles. The van der Waals surface area contributed by atoms with Gasteiger partial charge in [0.25, 0.3) is 0 Å². The summed E-state index contributed by atoms with van der Waals surface area (Å²) < 4.78 is 13.7. The number of hydrogen-bond acceptors (Lipinski definition) is 4. The molecule has 5 nitrogen and oxygen atoms in total. The largest absolute Gasteiger partial charge is 0.456 e. The Morgan fingerprint density at radius 1 is 0.254 bits per heavy atom. The summed E-state index contributed by atoms with van der Waals surface area (Å²) in [6, 6.07) is 153. The molecule has 0 saturated heterocycles. The van der Waals surface area contributed by atoms with E-state index in [0.29, 0.717) is 5.92 Å². The Morgan fingerprint density at radius 3 is 1.25 bits per heavy atom. The molecule has 652 valence electrons. The lowest BCUT2D eigenvalue weighted by Crippen LogP contribution is -2.00. The van der Waals surface area contributed by atoms with Crippen molar-refractivity contribution in [2.24, 2.45) is 7.05 Å². The van der Waals surface area contributed by atoms with E-state index in [4.69, 9.17) is 8.83 Å². The normalized spacial score (nSPS) is 11.6. The number of hydrogen-bond donors (Lipinski definition) is 0. The second kappa shape index (κ2) is 40.5. The van der Waals surface area contributed by atoms with Crippen molar-refractivity contribution in [2.45, 2.75) is 80.6 Å². The number of rotatable bonds is 5. The van der Waals surface area contributed by atoms with Gasteiger partial charge in [-0.1, -0.05) is 405 Å². The fourth-order valence-corrected chi connectivity index (χ4v) is 19.1. The van der Waals surface area contributed by atoms with E-state index in [2.05, 4.69) is 350 Å². The summed E-state index contributed by atoms with van der Waals surface area (Å²) >= 11 is 0. The van der Waals surface area contributed by atoms with Gasteiger partial charge in [0.15, 0.2) is 11.6 Å². The predicted molar refractivity (Wildman–Crippen MR) is 563 cm³/mol. The van der Waals surface area contributed by atoms with Crippen molar-refractivity contribution in [3.63, 3.8) is 0 Å². The van der Waals surface area contributed by atoms with Crippen molar-refractivity contribution in [3.8, 4) is 66.8 Å². The lowest BCUT2D eigenvalue weighted by molar-refractivity contribution is 0.101. The van der Waals surface area contributed by atoms with Crippen LogP contribution in [0.4, 0.5) is 0 Å². The molecule has 3 aromatic heterocycles. The summed E-state index contributed by atoms with van der Waals surface area (Å²) in [5.41, 5.74) is 44.0. The molecule has 0 atom stereocenters. The van der Waals surface area contributed by atoms with Gasteiger partial charge in [-0.25, -0.2) is 0 Å². The average Bonchev–Trinajstić information content (AvgIpc) is 1.56.